The summed E-state index contributed by atoms with van der Waals surface area (Å²) in [6.45, 7) is 7.60. The monoisotopic (exact) mass is 626 g/mol. The molecule has 0 saturated heterocycles. The van der Waals surface area contributed by atoms with Crippen molar-refractivity contribution < 1.29 is 4.12 Å². The molecule has 0 bridgehead atoms. The average molecular weight is 631 g/mol. The zero-order chi connectivity index (χ0) is 22.6. The summed E-state index contributed by atoms with van der Waals surface area (Å²) in [7, 11) is -5.67. The lowest BCUT2D eigenvalue weighted by Gasteiger charge is -2.37. The molecule has 0 amide bonds. The van der Waals surface area contributed by atoms with Gasteiger partial charge in [-0.3, -0.25) is 0 Å². The Morgan fingerprint density at radius 2 is 0.552 bits per heavy atom. The lowest BCUT2D eigenvalue weighted by atomic mass is 10.3. The van der Waals surface area contributed by atoms with Crippen LogP contribution in [0.5, 0.6) is 0 Å². The van der Waals surface area contributed by atoms with Crippen LogP contribution < -0.4 is 10.4 Å². The van der Waals surface area contributed by atoms with E-state index < -0.39 is 16.6 Å². The summed E-state index contributed by atoms with van der Waals surface area (Å²) in [5.74, 6) is 0. The van der Waals surface area contributed by atoms with Crippen LogP contribution >= 0.6 is 116 Å². The molecule has 2 aromatic carbocycles. The summed E-state index contributed by atoms with van der Waals surface area (Å²) in [4.78, 5) is 0. The number of benzene rings is 2. The lowest BCUT2D eigenvalue weighted by molar-refractivity contribution is 0.573. The molecule has 160 valence electrons. The molecule has 2 aromatic rings. The van der Waals surface area contributed by atoms with Crippen LogP contribution in [-0.2, 0) is 4.12 Å². The zero-order valence-electron chi connectivity index (χ0n) is 15.2. The smallest absolute Gasteiger partial charge is 0.209 e. The van der Waals surface area contributed by atoms with Crippen molar-refractivity contribution in [2.45, 2.75) is 26.2 Å². The molecule has 2 rings (SSSR count). The van der Waals surface area contributed by atoms with E-state index in [0.717, 1.165) is 0 Å². The second kappa shape index (κ2) is 9.54. The van der Waals surface area contributed by atoms with Gasteiger partial charge in [0, 0.05) is 10.4 Å². The van der Waals surface area contributed by atoms with Crippen molar-refractivity contribution in [3.05, 3.63) is 50.2 Å². The van der Waals surface area contributed by atoms with Gasteiger partial charge < -0.3 is 4.12 Å². The Morgan fingerprint density at radius 1 is 0.379 bits per heavy atom. The van der Waals surface area contributed by atoms with E-state index in [4.69, 9.17) is 120 Å². The Kier molecular flexibility index (Phi) is 8.87. The number of hydrogen-bond donors (Lipinski definition) is 0. The Hall–Kier alpha value is 1.73. The minimum Gasteiger partial charge on any atom is -0.449 e. The van der Waals surface area contributed by atoms with Crippen molar-refractivity contribution in [2.75, 3.05) is 0 Å². The van der Waals surface area contributed by atoms with Gasteiger partial charge in [0.2, 0.25) is 16.6 Å². The van der Waals surface area contributed by atoms with Gasteiger partial charge in [-0.05, 0) is 26.2 Å². The maximum Gasteiger partial charge on any atom is 0.209 e. The molecule has 0 aromatic heterocycles. The Labute approximate surface area is 221 Å². The minimum absolute atomic E-state index is 0.0794. The molecule has 0 aliphatic rings. The first-order valence-electron chi connectivity index (χ1n) is 7.80. The fourth-order valence-corrected chi connectivity index (χ4v) is 16.9. The van der Waals surface area contributed by atoms with Crippen LogP contribution in [-0.4, -0.2) is 16.6 Å². The van der Waals surface area contributed by atoms with Crippen molar-refractivity contribution in [3.8, 4) is 0 Å². The molecule has 0 radical (unpaired) electrons. The largest absolute Gasteiger partial charge is 0.449 e. The van der Waals surface area contributed by atoms with Crippen molar-refractivity contribution in [2.24, 2.45) is 0 Å². The first-order valence-corrected chi connectivity index (χ1v) is 17.4. The Balaban J connectivity index is 2.68. The van der Waals surface area contributed by atoms with Gasteiger partial charge in [0.25, 0.3) is 0 Å². The standard InChI is InChI=1S/C16H12Cl10OSi2/c1-28(2,15-11(23)7(19)5(17)8(20)12(15)24)27-29(3,4)16-13(25)9(21)6(18)10(22)14(16)26/h1-4H3. The van der Waals surface area contributed by atoms with Crippen LogP contribution in [0.4, 0.5) is 0 Å². The van der Waals surface area contributed by atoms with Crippen LogP contribution in [0.25, 0.3) is 0 Å². The molecular formula is C16H12Cl10OSi2. The summed E-state index contributed by atoms with van der Waals surface area (Å²) in [5, 5.41) is 2.38. The molecule has 0 spiro atoms. The summed E-state index contributed by atoms with van der Waals surface area (Å²) in [6, 6.07) is 0. The minimum atomic E-state index is -2.83. The number of hydrogen-bond acceptors (Lipinski definition) is 1. The number of halogens is 10. The van der Waals surface area contributed by atoms with E-state index >= 15 is 0 Å². The van der Waals surface area contributed by atoms with E-state index in [9.17, 15) is 0 Å². The van der Waals surface area contributed by atoms with E-state index in [2.05, 4.69) is 0 Å². The SMILES string of the molecule is C[Si](C)(O[Si](C)(C)c1c(Cl)c(Cl)c(Cl)c(Cl)c1Cl)c1c(Cl)c(Cl)c(Cl)c(Cl)c1Cl. The van der Waals surface area contributed by atoms with Crippen LogP contribution in [0.15, 0.2) is 0 Å². The quantitative estimate of drug-likeness (QED) is 0.186. The Morgan fingerprint density at radius 3 is 0.759 bits per heavy atom. The second-order valence-corrected chi connectivity index (χ2v) is 18.6. The van der Waals surface area contributed by atoms with Gasteiger partial charge in [-0.25, -0.2) is 0 Å². The molecule has 0 aliphatic heterocycles. The van der Waals surface area contributed by atoms with Crippen LogP contribution in [0.1, 0.15) is 0 Å². The first-order chi connectivity index (χ1) is 13.1. The third-order valence-corrected chi connectivity index (χ3v) is 16.8. The summed E-state index contributed by atoms with van der Waals surface area (Å²) in [6.07, 6.45) is 0. The summed E-state index contributed by atoms with van der Waals surface area (Å²) in [5.41, 5.74) is 0. The van der Waals surface area contributed by atoms with Gasteiger partial charge in [-0.15, -0.1) is 0 Å². The molecule has 1 nitrogen and oxygen atoms in total. The maximum atomic E-state index is 6.64. The highest BCUT2D eigenvalue weighted by molar-refractivity contribution is 7.00. The van der Waals surface area contributed by atoms with E-state index in [1.165, 1.54) is 0 Å². The van der Waals surface area contributed by atoms with Gasteiger partial charge in [-0.1, -0.05) is 116 Å². The molecule has 0 fully saturated rings. The van der Waals surface area contributed by atoms with Crippen LogP contribution in [0.2, 0.25) is 76.4 Å². The molecule has 0 heterocycles. The van der Waals surface area contributed by atoms with Crippen molar-refractivity contribution in [3.63, 3.8) is 0 Å². The maximum absolute atomic E-state index is 6.64. The molecule has 0 N–H and O–H groups in total. The third-order valence-electron chi connectivity index (χ3n) is 4.13. The van der Waals surface area contributed by atoms with Crippen LogP contribution in [0.3, 0.4) is 0 Å². The molecular weight excluding hydrogens is 619 g/mol. The number of rotatable bonds is 4. The van der Waals surface area contributed by atoms with Gasteiger partial charge >= 0.3 is 0 Å². The molecule has 0 saturated carbocycles. The van der Waals surface area contributed by atoms with Gasteiger partial charge in [-0.2, -0.15) is 0 Å². The molecule has 29 heavy (non-hydrogen) atoms. The highest BCUT2D eigenvalue weighted by Crippen LogP contribution is 2.43. The van der Waals surface area contributed by atoms with Gasteiger partial charge in [0.05, 0.1) is 50.2 Å². The molecule has 0 aliphatic carbocycles. The highest BCUT2D eigenvalue weighted by atomic mass is 35.5. The third kappa shape index (κ3) is 4.98. The van der Waals surface area contributed by atoms with E-state index in [1.54, 1.807) is 0 Å². The van der Waals surface area contributed by atoms with Crippen LogP contribution in [0, 0.1) is 0 Å². The highest BCUT2D eigenvalue weighted by Gasteiger charge is 2.43. The predicted molar refractivity (Wildman–Crippen MR) is 138 cm³/mol. The normalized spacial score (nSPS) is 12.6. The lowest BCUT2D eigenvalue weighted by Crippen LogP contribution is -2.58. The van der Waals surface area contributed by atoms with E-state index in [0.29, 0.717) is 10.4 Å². The summed E-state index contributed by atoms with van der Waals surface area (Å²) >= 11 is 63.1. The van der Waals surface area contributed by atoms with Gasteiger partial charge in [0.1, 0.15) is 0 Å². The summed E-state index contributed by atoms with van der Waals surface area (Å²) < 4.78 is 6.64. The topological polar surface area (TPSA) is 9.23 Å². The van der Waals surface area contributed by atoms with Crippen molar-refractivity contribution in [1.82, 2.24) is 0 Å². The van der Waals surface area contributed by atoms with Crippen molar-refractivity contribution >= 4 is 143 Å². The van der Waals surface area contributed by atoms with Crippen molar-refractivity contribution in [1.29, 1.82) is 0 Å². The van der Waals surface area contributed by atoms with Gasteiger partial charge in [0.15, 0.2) is 0 Å². The average Bonchev–Trinajstić information content (AvgIpc) is 2.60. The van der Waals surface area contributed by atoms with E-state index in [-0.39, 0.29) is 50.2 Å². The Bertz CT molecular complexity index is 869. The second-order valence-electron chi connectivity index (χ2n) is 7.01. The van der Waals surface area contributed by atoms with E-state index in [1.807, 2.05) is 26.2 Å². The zero-order valence-corrected chi connectivity index (χ0v) is 24.7. The predicted octanol–water partition coefficient (Wildman–Crippen LogP) is 9.76. The first kappa shape index (κ1) is 27.0. The fourth-order valence-electron chi connectivity index (χ4n) is 3.01. The molecule has 13 heteroatoms. The molecule has 0 atom stereocenters. The fraction of sp³-hybridized carbons (Fsp3) is 0.250. The molecule has 0 unspecified atom stereocenters.